The molecule has 1 aliphatic heterocycles. The monoisotopic (exact) mass is 202 g/mol. The van der Waals surface area contributed by atoms with E-state index >= 15 is 0 Å². The van der Waals surface area contributed by atoms with E-state index in [2.05, 4.69) is 4.74 Å². The van der Waals surface area contributed by atoms with Crippen LogP contribution in [0.3, 0.4) is 0 Å². The van der Waals surface area contributed by atoms with E-state index in [4.69, 9.17) is 9.47 Å². The Morgan fingerprint density at radius 3 is 2.71 bits per heavy atom. The number of rotatable bonds is 6. The van der Waals surface area contributed by atoms with Crippen LogP contribution in [0, 0.1) is 0 Å². The highest BCUT2D eigenvalue weighted by atomic mass is 16.7. The summed E-state index contributed by atoms with van der Waals surface area (Å²) in [4.78, 5) is 9.92. The van der Waals surface area contributed by atoms with Crippen molar-refractivity contribution >= 4 is 6.47 Å². The van der Waals surface area contributed by atoms with Crippen LogP contribution in [-0.4, -0.2) is 31.6 Å². The highest BCUT2D eigenvalue weighted by Crippen LogP contribution is 2.31. The molecule has 0 aliphatic carbocycles. The van der Waals surface area contributed by atoms with Crippen molar-refractivity contribution in [2.24, 2.45) is 0 Å². The van der Waals surface area contributed by atoms with Gasteiger partial charge in [-0.3, -0.25) is 4.79 Å². The molecule has 0 N–H and O–H groups in total. The molecule has 0 aromatic heterocycles. The van der Waals surface area contributed by atoms with Crippen LogP contribution in [0.4, 0.5) is 0 Å². The molecule has 0 aromatic carbocycles. The van der Waals surface area contributed by atoms with Gasteiger partial charge in [-0.15, -0.1) is 0 Å². The average molecular weight is 202 g/mol. The molecular formula is C10H18O4. The number of hydrogen-bond acceptors (Lipinski definition) is 4. The molecule has 1 aliphatic rings. The molecule has 0 spiro atoms. The van der Waals surface area contributed by atoms with E-state index in [1.807, 2.05) is 13.8 Å². The summed E-state index contributed by atoms with van der Waals surface area (Å²) in [6.07, 6.45) is 2.48. The first-order chi connectivity index (χ1) is 6.76. The van der Waals surface area contributed by atoms with Gasteiger partial charge in [-0.05, 0) is 12.8 Å². The predicted molar refractivity (Wildman–Crippen MR) is 50.8 cm³/mol. The minimum atomic E-state index is -0.397. The van der Waals surface area contributed by atoms with Crippen molar-refractivity contribution in [1.82, 2.24) is 0 Å². The van der Waals surface area contributed by atoms with Gasteiger partial charge in [0, 0.05) is 6.42 Å². The summed E-state index contributed by atoms with van der Waals surface area (Å²) in [5, 5.41) is 0. The van der Waals surface area contributed by atoms with Crippen LogP contribution in [0.2, 0.25) is 0 Å². The fraction of sp³-hybridized carbons (Fsp3) is 0.900. The van der Waals surface area contributed by atoms with Gasteiger partial charge in [-0.25, -0.2) is 0 Å². The largest absolute Gasteiger partial charge is 0.468 e. The molecule has 1 heterocycles. The summed E-state index contributed by atoms with van der Waals surface area (Å²) in [5.74, 6) is -0.397. The summed E-state index contributed by atoms with van der Waals surface area (Å²) in [6.45, 7) is 5.56. The van der Waals surface area contributed by atoms with Crippen molar-refractivity contribution in [2.45, 2.75) is 45.0 Å². The van der Waals surface area contributed by atoms with E-state index in [1.165, 1.54) is 0 Å². The minimum Gasteiger partial charge on any atom is -0.468 e. The summed E-state index contributed by atoms with van der Waals surface area (Å²) >= 11 is 0. The zero-order chi connectivity index (χ0) is 10.4. The molecule has 4 heteroatoms. The van der Waals surface area contributed by atoms with E-state index in [1.54, 1.807) is 0 Å². The Balaban J connectivity index is 2.28. The molecule has 1 saturated heterocycles. The van der Waals surface area contributed by atoms with Crippen LogP contribution >= 0.6 is 0 Å². The molecule has 0 amide bonds. The third-order valence-corrected chi connectivity index (χ3v) is 2.62. The predicted octanol–water partition coefficient (Wildman–Crippen LogP) is 1.48. The molecule has 1 unspecified atom stereocenters. The van der Waals surface area contributed by atoms with Gasteiger partial charge in [0.25, 0.3) is 6.47 Å². The number of carbonyl (C=O) groups excluding carboxylic acids is 1. The van der Waals surface area contributed by atoms with E-state index in [0.29, 0.717) is 26.1 Å². The third-order valence-electron chi connectivity index (χ3n) is 2.62. The molecule has 1 atom stereocenters. The van der Waals surface area contributed by atoms with Crippen LogP contribution in [-0.2, 0) is 19.0 Å². The van der Waals surface area contributed by atoms with E-state index in [9.17, 15) is 4.79 Å². The topological polar surface area (TPSA) is 44.8 Å². The average Bonchev–Trinajstić information content (AvgIpc) is 2.63. The van der Waals surface area contributed by atoms with Crippen LogP contribution < -0.4 is 0 Å². The molecule has 0 radical (unpaired) electrons. The fourth-order valence-electron chi connectivity index (χ4n) is 1.63. The van der Waals surface area contributed by atoms with Crippen molar-refractivity contribution in [3.63, 3.8) is 0 Å². The lowest BCUT2D eigenvalue weighted by atomic mass is 10.1. The minimum absolute atomic E-state index is 0.0647. The molecule has 1 rings (SSSR count). The van der Waals surface area contributed by atoms with Crippen LogP contribution in [0.15, 0.2) is 0 Å². The maximum Gasteiger partial charge on any atom is 0.293 e. The smallest absolute Gasteiger partial charge is 0.293 e. The first-order valence-electron chi connectivity index (χ1n) is 5.13. The highest BCUT2D eigenvalue weighted by molar-refractivity contribution is 5.36. The molecule has 82 valence electrons. The Kier molecular flexibility index (Phi) is 4.35. The fourth-order valence-corrected chi connectivity index (χ4v) is 1.63. The summed E-state index contributed by atoms with van der Waals surface area (Å²) < 4.78 is 16.0. The zero-order valence-corrected chi connectivity index (χ0v) is 8.82. The van der Waals surface area contributed by atoms with Crippen LogP contribution in [0.5, 0.6) is 0 Å². The van der Waals surface area contributed by atoms with Gasteiger partial charge in [-0.2, -0.15) is 0 Å². The van der Waals surface area contributed by atoms with Crippen LogP contribution in [0.1, 0.15) is 33.1 Å². The highest BCUT2D eigenvalue weighted by Gasteiger charge is 2.37. The number of hydrogen-bond donors (Lipinski definition) is 0. The lowest BCUT2D eigenvalue weighted by molar-refractivity contribution is -0.173. The van der Waals surface area contributed by atoms with Gasteiger partial charge in [0.2, 0.25) is 0 Å². The van der Waals surface area contributed by atoms with Crippen molar-refractivity contribution in [2.75, 3.05) is 13.2 Å². The second kappa shape index (κ2) is 5.32. The summed E-state index contributed by atoms with van der Waals surface area (Å²) in [7, 11) is 0. The van der Waals surface area contributed by atoms with Crippen molar-refractivity contribution in [3.05, 3.63) is 0 Å². The summed E-state index contributed by atoms with van der Waals surface area (Å²) in [5.41, 5.74) is 0. The summed E-state index contributed by atoms with van der Waals surface area (Å²) in [6, 6.07) is 0. The van der Waals surface area contributed by atoms with Crippen molar-refractivity contribution < 1.29 is 19.0 Å². The molecule has 14 heavy (non-hydrogen) atoms. The van der Waals surface area contributed by atoms with Gasteiger partial charge in [0.05, 0.1) is 19.3 Å². The molecule has 0 aromatic rings. The van der Waals surface area contributed by atoms with Crippen molar-refractivity contribution in [3.8, 4) is 0 Å². The standard InChI is InChI=1S/C10H18O4/c1-3-10(4-2)13-7-9(14-10)5-6-12-8-11/h8-9H,3-7H2,1-2H3. The van der Waals surface area contributed by atoms with Gasteiger partial charge >= 0.3 is 0 Å². The second-order valence-corrected chi connectivity index (χ2v) is 3.42. The lowest BCUT2D eigenvalue weighted by Gasteiger charge is -2.24. The number of ether oxygens (including phenoxy) is 3. The lowest BCUT2D eigenvalue weighted by Crippen LogP contribution is -2.29. The Morgan fingerprint density at radius 2 is 2.21 bits per heavy atom. The molecule has 1 fully saturated rings. The quantitative estimate of drug-likeness (QED) is 0.483. The van der Waals surface area contributed by atoms with Crippen LogP contribution in [0.25, 0.3) is 0 Å². The maximum absolute atomic E-state index is 9.92. The van der Waals surface area contributed by atoms with E-state index in [0.717, 1.165) is 12.8 Å². The van der Waals surface area contributed by atoms with Crippen molar-refractivity contribution in [1.29, 1.82) is 0 Å². The second-order valence-electron chi connectivity index (χ2n) is 3.42. The van der Waals surface area contributed by atoms with Gasteiger partial charge in [0.1, 0.15) is 0 Å². The maximum atomic E-state index is 9.92. The Bertz CT molecular complexity index is 177. The molecule has 4 nitrogen and oxygen atoms in total. The Morgan fingerprint density at radius 1 is 1.50 bits per heavy atom. The number of carbonyl (C=O) groups is 1. The molecular weight excluding hydrogens is 184 g/mol. The molecule has 0 saturated carbocycles. The van der Waals surface area contributed by atoms with Gasteiger partial charge < -0.3 is 14.2 Å². The van der Waals surface area contributed by atoms with Gasteiger partial charge in [0.15, 0.2) is 5.79 Å². The molecule has 0 bridgehead atoms. The normalized spacial score (nSPS) is 24.9. The third kappa shape index (κ3) is 2.69. The first-order valence-corrected chi connectivity index (χ1v) is 5.13. The van der Waals surface area contributed by atoms with Gasteiger partial charge in [-0.1, -0.05) is 13.8 Å². The zero-order valence-electron chi connectivity index (χ0n) is 8.82. The van der Waals surface area contributed by atoms with E-state index < -0.39 is 5.79 Å². The SMILES string of the molecule is CCC1(CC)OCC(CCOC=O)O1. The van der Waals surface area contributed by atoms with E-state index in [-0.39, 0.29) is 6.10 Å². The Labute approximate surface area is 84.5 Å². The first kappa shape index (κ1) is 11.5. The Hall–Kier alpha value is -0.610.